The minimum atomic E-state index is -2.45. The number of hydrogen-bond acceptors (Lipinski definition) is 0. The lowest BCUT2D eigenvalue weighted by atomic mass is 10.2. The minimum Gasteiger partial charge on any atom is -0.346 e. The molecule has 6 heteroatoms. The quantitative estimate of drug-likeness (QED) is 0.135. The summed E-state index contributed by atoms with van der Waals surface area (Å²) in [5.74, 6) is 0. The SMILES string of the molecule is c1ccc(P(=[N+]=c2ccn3c(c2)-c2cc(=[N+]=P(c4ccccc4)(c4ccccc4)c4ccccc4)ccn2CCC3)(c2ccccc2)c2ccccc2)cc1. The van der Waals surface area contributed by atoms with Gasteiger partial charge in [0.15, 0.2) is 0 Å². The van der Waals surface area contributed by atoms with Gasteiger partial charge in [0.1, 0.15) is 0 Å². The molecule has 0 aliphatic carbocycles. The van der Waals surface area contributed by atoms with Crippen molar-refractivity contribution in [1.29, 1.82) is 0 Å². The van der Waals surface area contributed by atoms with Crippen LogP contribution in [-0.4, -0.2) is 9.13 Å². The van der Waals surface area contributed by atoms with Gasteiger partial charge >= 0.3 is 24.8 Å². The molecule has 6 aromatic carbocycles. The summed E-state index contributed by atoms with van der Waals surface area (Å²) in [4.78, 5) is 0. The molecule has 9 rings (SSSR count). The number of nitrogens with zero attached hydrogens (tertiary/aromatic N) is 4. The van der Waals surface area contributed by atoms with E-state index in [4.69, 9.17) is 8.84 Å². The number of rotatable bonds is 6. The molecule has 55 heavy (non-hydrogen) atoms. The number of hydrogen-bond donors (Lipinski definition) is 0. The average Bonchev–Trinajstić information content (AvgIpc) is 3.45. The number of benzene rings is 6. The highest BCUT2D eigenvalue weighted by Crippen LogP contribution is 2.42. The second kappa shape index (κ2) is 15.3. The Morgan fingerprint density at radius 3 is 0.836 bits per heavy atom. The van der Waals surface area contributed by atoms with Crippen LogP contribution in [-0.2, 0) is 13.1 Å². The zero-order valence-corrected chi connectivity index (χ0v) is 32.4. The summed E-state index contributed by atoms with van der Waals surface area (Å²) in [5.41, 5.74) is 2.29. The van der Waals surface area contributed by atoms with Crippen molar-refractivity contribution >= 4 is 45.9 Å². The van der Waals surface area contributed by atoms with Crippen LogP contribution in [0.5, 0.6) is 0 Å². The second-order valence-electron chi connectivity index (χ2n) is 13.8. The molecule has 0 atom stereocenters. The van der Waals surface area contributed by atoms with E-state index >= 15 is 0 Å². The molecule has 0 bridgehead atoms. The summed E-state index contributed by atoms with van der Waals surface area (Å²) in [6.07, 6.45) is 5.50. The molecule has 0 unspecified atom stereocenters. The molecular weight excluding hydrogens is 707 g/mol. The van der Waals surface area contributed by atoms with Gasteiger partial charge in [0, 0.05) is 37.6 Å². The van der Waals surface area contributed by atoms with E-state index in [9.17, 15) is 0 Å². The first-order chi connectivity index (χ1) is 27.2. The number of aryl methyl sites for hydroxylation is 2. The monoisotopic (exact) mass is 748 g/mol. The fourth-order valence-electron chi connectivity index (χ4n) is 7.85. The van der Waals surface area contributed by atoms with E-state index in [2.05, 4.69) is 228 Å². The molecule has 4 nitrogen and oxygen atoms in total. The van der Waals surface area contributed by atoms with Crippen LogP contribution in [0.4, 0.5) is 0 Å². The fourth-order valence-corrected chi connectivity index (χ4v) is 14.9. The maximum absolute atomic E-state index is 5.88. The van der Waals surface area contributed by atoms with Crippen LogP contribution in [0.15, 0.2) is 219 Å². The Labute approximate surface area is 322 Å². The average molecular weight is 749 g/mol. The third kappa shape index (κ3) is 6.57. The predicted molar refractivity (Wildman–Crippen MR) is 233 cm³/mol. The zero-order valence-electron chi connectivity index (χ0n) is 30.6. The van der Waals surface area contributed by atoms with E-state index in [-0.39, 0.29) is 0 Å². The van der Waals surface area contributed by atoms with Crippen molar-refractivity contribution in [2.75, 3.05) is 0 Å². The largest absolute Gasteiger partial charge is 0.346 e. The van der Waals surface area contributed by atoms with Crippen molar-refractivity contribution in [3.8, 4) is 11.4 Å². The van der Waals surface area contributed by atoms with E-state index in [0.29, 0.717) is 0 Å². The number of aromatic nitrogens is 2. The Kier molecular flexibility index (Phi) is 9.66. The summed E-state index contributed by atoms with van der Waals surface area (Å²) in [5, 5.41) is 9.31. The molecule has 0 amide bonds. The van der Waals surface area contributed by atoms with Crippen LogP contribution in [0, 0.1) is 0 Å². The fraction of sp³-hybridized carbons (Fsp3) is 0.0612. The summed E-state index contributed by atoms with van der Waals surface area (Å²) >= 11 is 0. The highest BCUT2D eigenvalue weighted by molar-refractivity contribution is 7.87. The van der Waals surface area contributed by atoms with Crippen molar-refractivity contribution in [2.24, 2.45) is 0 Å². The van der Waals surface area contributed by atoms with E-state index in [0.717, 1.165) is 41.6 Å². The molecule has 2 aromatic heterocycles. The molecule has 0 N–H and O–H groups in total. The predicted octanol–water partition coefficient (Wildman–Crippen LogP) is 6.65. The molecule has 8 aromatic rings. The molecule has 266 valence electrons. The molecule has 3 heterocycles. The second-order valence-corrected chi connectivity index (χ2v) is 19.8. The molecule has 1 aliphatic rings. The summed E-state index contributed by atoms with van der Waals surface area (Å²) in [6, 6.07) is 74.2. The topological polar surface area (TPSA) is 38.1 Å². The van der Waals surface area contributed by atoms with Crippen molar-refractivity contribution in [2.45, 2.75) is 19.5 Å². The van der Waals surface area contributed by atoms with E-state index in [1.54, 1.807) is 0 Å². The van der Waals surface area contributed by atoms with Gasteiger partial charge in [-0.3, -0.25) is 0 Å². The lowest BCUT2D eigenvalue weighted by Crippen LogP contribution is -2.29. The van der Waals surface area contributed by atoms with E-state index in [1.807, 2.05) is 0 Å². The minimum absolute atomic E-state index is 0.926. The van der Waals surface area contributed by atoms with E-state index < -0.39 is 14.1 Å². The molecule has 0 spiro atoms. The highest BCUT2D eigenvalue weighted by atomic mass is 31.2. The first kappa shape index (κ1) is 34.7. The maximum atomic E-state index is 5.88. The lowest BCUT2D eigenvalue weighted by Gasteiger charge is -2.15. The summed E-state index contributed by atoms with van der Waals surface area (Å²) in [6.45, 7) is 1.85. The van der Waals surface area contributed by atoms with Crippen LogP contribution in [0.1, 0.15) is 6.42 Å². The highest BCUT2D eigenvalue weighted by Gasteiger charge is 2.39. The van der Waals surface area contributed by atoms with Gasteiger partial charge in [0.2, 0.25) is 0 Å². The first-order valence-corrected chi connectivity index (χ1v) is 22.4. The Bertz CT molecular complexity index is 2450. The first-order valence-electron chi connectivity index (χ1n) is 18.9. The molecular formula is C49H42N4P2+2. The van der Waals surface area contributed by atoms with Gasteiger partial charge in [-0.1, -0.05) is 109 Å². The van der Waals surface area contributed by atoms with Crippen molar-refractivity contribution in [1.82, 2.24) is 18.0 Å². The van der Waals surface area contributed by atoms with Crippen LogP contribution in [0.2, 0.25) is 0 Å². The van der Waals surface area contributed by atoms with Crippen molar-refractivity contribution in [3.63, 3.8) is 0 Å². The molecule has 0 saturated carbocycles. The van der Waals surface area contributed by atoms with Crippen LogP contribution < -0.4 is 51.4 Å². The van der Waals surface area contributed by atoms with Gasteiger partial charge < -0.3 is 9.13 Å². The van der Waals surface area contributed by atoms with Crippen LogP contribution >= 0.6 is 14.1 Å². The lowest BCUT2D eigenvalue weighted by molar-refractivity contribution is 0.591. The van der Waals surface area contributed by atoms with Crippen LogP contribution in [0.3, 0.4) is 0 Å². The van der Waals surface area contributed by atoms with Gasteiger partial charge in [-0.15, -0.1) is 8.84 Å². The van der Waals surface area contributed by atoms with Crippen molar-refractivity contribution in [3.05, 3.63) is 229 Å². The summed E-state index contributed by atoms with van der Waals surface area (Å²) in [7, 11) is -4.90. The van der Waals surface area contributed by atoms with Gasteiger partial charge in [-0.25, -0.2) is 0 Å². The van der Waals surface area contributed by atoms with Gasteiger partial charge in [0.25, 0.3) is 0 Å². The maximum Gasteiger partial charge on any atom is 0.323 e. The Balaban J connectivity index is 1.40. The van der Waals surface area contributed by atoms with Gasteiger partial charge in [0.05, 0.1) is 55.3 Å². The number of pyridine rings is 2. The Hall–Kier alpha value is -6.10. The molecule has 1 aliphatic heterocycles. The Morgan fingerprint density at radius 1 is 0.327 bits per heavy atom. The third-order valence-electron chi connectivity index (χ3n) is 10.4. The smallest absolute Gasteiger partial charge is 0.323 e. The van der Waals surface area contributed by atoms with Gasteiger partial charge in [-0.05, 0) is 79.2 Å². The standard InChI is InChI=1S/C49H42N4P2/c1-7-20-42(21-8-1)54(43-22-9-2-10-23-43,44-24-11-3-12-25-44)50-40-32-36-52-34-19-35-53-37-33-41(39-49(53)48(52)38-40)51-55(45-26-13-4-14-27-45,46-28-15-5-16-29-46)47-30-17-6-18-31-47/h1-18,20-33,36-39H,19,34-35H2/q+2. The molecule has 0 fully saturated rings. The number of fused-ring (bicyclic) bond motifs is 3. The van der Waals surface area contributed by atoms with Crippen molar-refractivity contribution < 1.29 is 0 Å². The van der Waals surface area contributed by atoms with E-state index in [1.165, 1.54) is 31.8 Å². The third-order valence-corrected chi connectivity index (χ3v) is 17.7. The molecule has 0 radical (unpaired) electrons. The summed E-state index contributed by atoms with van der Waals surface area (Å²) < 4.78 is 16.6. The van der Waals surface area contributed by atoms with Gasteiger partial charge in [-0.2, -0.15) is 0 Å². The zero-order chi connectivity index (χ0) is 36.9. The molecule has 0 saturated heterocycles. The van der Waals surface area contributed by atoms with Crippen LogP contribution in [0.25, 0.3) is 11.4 Å². The Morgan fingerprint density at radius 2 is 0.582 bits per heavy atom. The normalized spacial score (nSPS) is 12.4.